The summed E-state index contributed by atoms with van der Waals surface area (Å²) < 4.78 is 0. The second-order valence-electron chi connectivity index (χ2n) is 2.77. The number of rotatable bonds is 3. The molecule has 70 valence electrons. The lowest BCUT2D eigenvalue weighted by Gasteiger charge is -2.08. The van der Waals surface area contributed by atoms with Crippen LogP contribution in [0, 0.1) is 0 Å². The van der Waals surface area contributed by atoms with Crippen LogP contribution in [-0.4, -0.2) is 17.6 Å². The number of hydrogen-bond acceptors (Lipinski definition) is 3. The lowest BCUT2D eigenvalue weighted by Crippen LogP contribution is -2.20. The van der Waals surface area contributed by atoms with Crippen LogP contribution in [-0.2, 0) is 0 Å². The molecule has 0 unspecified atom stereocenters. The quantitative estimate of drug-likeness (QED) is 0.625. The first-order chi connectivity index (χ1) is 6.15. The second-order valence-corrected chi connectivity index (χ2v) is 2.77. The summed E-state index contributed by atoms with van der Waals surface area (Å²) in [4.78, 5) is 10.5. The number of benzene rings is 1. The largest absolute Gasteiger partial charge is 0.478 e. The van der Waals surface area contributed by atoms with E-state index in [0.717, 1.165) is 5.56 Å². The van der Waals surface area contributed by atoms with Crippen LogP contribution < -0.4 is 11.5 Å². The molecule has 0 fully saturated rings. The van der Waals surface area contributed by atoms with Crippen molar-refractivity contribution >= 4 is 5.97 Å². The predicted molar refractivity (Wildman–Crippen MR) is 49.4 cm³/mol. The number of aromatic carboxylic acids is 1. The van der Waals surface area contributed by atoms with E-state index in [-0.39, 0.29) is 11.6 Å². The molecular formula is C9H12N2O2. The SMILES string of the molecule is NC[C@@H](N)c1ccc(C(=O)O)cc1. The van der Waals surface area contributed by atoms with E-state index in [0.29, 0.717) is 6.54 Å². The van der Waals surface area contributed by atoms with Gasteiger partial charge in [-0.25, -0.2) is 4.79 Å². The maximum absolute atomic E-state index is 10.5. The van der Waals surface area contributed by atoms with Crippen molar-refractivity contribution in [3.05, 3.63) is 35.4 Å². The van der Waals surface area contributed by atoms with Gasteiger partial charge < -0.3 is 16.6 Å². The fourth-order valence-corrected chi connectivity index (χ4v) is 1.01. The maximum atomic E-state index is 10.5. The van der Waals surface area contributed by atoms with Crippen LogP contribution in [0.4, 0.5) is 0 Å². The molecule has 4 heteroatoms. The van der Waals surface area contributed by atoms with Gasteiger partial charge in [0.1, 0.15) is 0 Å². The van der Waals surface area contributed by atoms with Gasteiger partial charge in [-0.2, -0.15) is 0 Å². The minimum atomic E-state index is -0.937. The molecule has 0 heterocycles. The minimum absolute atomic E-state index is 0.220. The summed E-state index contributed by atoms with van der Waals surface area (Å²) in [7, 11) is 0. The average molecular weight is 180 g/mol. The summed E-state index contributed by atoms with van der Waals surface area (Å²) in [5, 5.41) is 8.62. The highest BCUT2D eigenvalue weighted by Crippen LogP contribution is 2.10. The molecule has 0 aliphatic rings. The average Bonchev–Trinajstić information content (AvgIpc) is 2.17. The topological polar surface area (TPSA) is 89.3 Å². The van der Waals surface area contributed by atoms with Crippen molar-refractivity contribution in [3.63, 3.8) is 0 Å². The van der Waals surface area contributed by atoms with E-state index < -0.39 is 5.97 Å². The minimum Gasteiger partial charge on any atom is -0.478 e. The molecule has 0 aromatic heterocycles. The fraction of sp³-hybridized carbons (Fsp3) is 0.222. The number of carboxylic acids is 1. The van der Waals surface area contributed by atoms with Crippen molar-refractivity contribution in [1.82, 2.24) is 0 Å². The normalized spacial score (nSPS) is 12.5. The summed E-state index contributed by atoms with van der Waals surface area (Å²) in [5.41, 5.74) is 12.1. The molecule has 0 aliphatic carbocycles. The van der Waals surface area contributed by atoms with E-state index in [1.165, 1.54) is 12.1 Å². The van der Waals surface area contributed by atoms with Crippen molar-refractivity contribution < 1.29 is 9.90 Å². The Kier molecular flexibility index (Phi) is 3.00. The number of carbonyl (C=O) groups is 1. The lowest BCUT2D eigenvalue weighted by molar-refractivity contribution is 0.0697. The van der Waals surface area contributed by atoms with E-state index in [1.807, 2.05) is 0 Å². The van der Waals surface area contributed by atoms with Gasteiger partial charge in [0.2, 0.25) is 0 Å². The highest BCUT2D eigenvalue weighted by Gasteiger charge is 2.05. The zero-order valence-corrected chi connectivity index (χ0v) is 7.10. The summed E-state index contributed by atoms with van der Waals surface area (Å²) in [6.45, 7) is 0.354. The number of nitrogens with two attached hydrogens (primary N) is 2. The van der Waals surface area contributed by atoms with Crippen LogP contribution in [0.25, 0.3) is 0 Å². The molecule has 5 N–H and O–H groups in total. The predicted octanol–water partition coefficient (Wildman–Crippen LogP) is 0.343. The zero-order chi connectivity index (χ0) is 9.84. The van der Waals surface area contributed by atoms with Crippen LogP contribution in [0.2, 0.25) is 0 Å². The Morgan fingerprint density at radius 1 is 1.38 bits per heavy atom. The van der Waals surface area contributed by atoms with Crippen LogP contribution in [0.3, 0.4) is 0 Å². The summed E-state index contributed by atoms with van der Waals surface area (Å²) in [6.07, 6.45) is 0. The Hall–Kier alpha value is -1.39. The zero-order valence-electron chi connectivity index (χ0n) is 7.10. The third-order valence-electron chi connectivity index (χ3n) is 1.84. The van der Waals surface area contributed by atoms with Gasteiger partial charge in [0.05, 0.1) is 5.56 Å². The molecule has 1 aromatic rings. The Morgan fingerprint density at radius 2 is 1.92 bits per heavy atom. The highest BCUT2D eigenvalue weighted by molar-refractivity contribution is 5.87. The first kappa shape index (κ1) is 9.70. The summed E-state index contributed by atoms with van der Waals surface area (Å²) in [5.74, 6) is -0.937. The van der Waals surface area contributed by atoms with E-state index in [1.54, 1.807) is 12.1 Å². The van der Waals surface area contributed by atoms with Crippen molar-refractivity contribution in [1.29, 1.82) is 0 Å². The van der Waals surface area contributed by atoms with Crippen LogP contribution in [0.1, 0.15) is 22.0 Å². The van der Waals surface area contributed by atoms with Crippen LogP contribution in [0.15, 0.2) is 24.3 Å². The molecule has 13 heavy (non-hydrogen) atoms. The van der Waals surface area contributed by atoms with Gasteiger partial charge in [0, 0.05) is 12.6 Å². The van der Waals surface area contributed by atoms with Crippen molar-refractivity contribution in [2.45, 2.75) is 6.04 Å². The molecule has 0 saturated carbocycles. The lowest BCUT2D eigenvalue weighted by atomic mass is 10.1. The highest BCUT2D eigenvalue weighted by atomic mass is 16.4. The molecule has 1 atom stereocenters. The Labute approximate surface area is 76.2 Å². The number of carboxylic acid groups (broad SMARTS) is 1. The van der Waals surface area contributed by atoms with Gasteiger partial charge in [0.15, 0.2) is 0 Å². The van der Waals surface area contributed by atoms with Crippen molar-refractivity contribution in [3.8, 4) is 0 Å². The van der Waals surface area contributed by atoms with Gasteiger partial charge in [-0.05, 0) is 17.7 Å². The Balaban J connectivity index is 2.87. The first-order valence-electron chi connectivity index (χ1n) is 3.94. The monoisotopic (exact) mass is 180 g/mol. The molecule has 0 bridgehead atoms. The molecular weight excluding hydrogens is 168 g/mol. The van der Waals surface area contributed by atoms with Crippen LogP contribution >= 0.6 is 0 Å². The molecule has 0 saturated heterocycles. The van der Waals surface area contributed by atoms with Gasteiger partial charge in [-0.15, -0.1) is 0 Å². The van der Waals surface area contributed by atoms with E-state index in [9.17, 15) is 4.79 Å². The number of hydrogen-bond donors (Lipinski definition) is 3. The maximum Gasteiger partial charge on any atom is 0.335 e. The summed E-state index contributed by atoms with van der Waals surface area (Å²) in [6, 6.07) is 6.19. The second kappa shape index (κ2) is 4.02. The first-order valence-corrected chi connectivity index (χ1v) is 3.94. The molecule has 1 aromatic carbocycles. The van der Waals surface area contributed by atoms with E-state index in [2.05, 4.69) is 0 Å². The molecule has 0 spiro atoms. The summed E-state index contributed by atoms with van der Waals surface area (Å²) >= 11 is 0. The standard InChI is InChI=1S/C9H12N2O2/c10-5-8(11)6-1-3-7(4-2-6)9(12)13/h1-4,8H,5,10-11H2,(H,12,13)/t8-/m1/s1. The smallest absolute Gasteiger partial charge is 0.335 e. The van der Waals surface area contributed by atoms with Crippen LogP contribution in [0.5, 0.6) is 0 Å². The van der Waals surface area contributed by atoms with Crippen molar-refractivity contribution in [2.24, 2.45) is 11.5 Å². The fourth-order valence-electron chi connectivity index (χ4n) is 1.01. The van der Waals surface area contributed by atoms with Gasteiger partial charge >= 0.3 is 5.97 Å². The molecule has 0 radical (unpaired) electrons. The van der Waals surface area contributed by atoms with E-state index >= 15 is 0 Å². The molecule has 4 nitrogen and oxygen atoms in total. The third kappa shape index (κ3) is 2.27. The van der Waals surface area contributed by atoms with Gasteiger partial charge in [-0.3, -0.25) is 0 Å². The molecule has 1 rings (SSSR count). The van der Waals surface area contributed by atoms with Gasteiger partial charge in [0.25, 0.3) is 0 Å². The van der Waals surface area contributed by atoms with Gasteiger partial charge in [-0.1, -0.05) is 12.1 Å². The third-order valence-corrected chi connectivity index (χ3v) is 1.84. The Bertz CT molecular complexity index is 295. The molecule has 0 amide bonds. The Morgan fingerprint density at radius 3 is 2.31 bits per heavy atom. The molecule has 0 aliphatic heterocycles. The van der Waals surface area contributed by atoms with Crippen molar-refractivity contribution in [2.75, 3.05) is 6.54 Å². The van der Waals surface area contributed by atoms with E-state index in [4.69, 9.17) is 16.6 Å².